The SMILES string of the molecule is Cc1noc(Cc2ccc(OCc3ccccc3)cc2)n1. The lowest BCUT2D eigenvalue weighted by atomic mass is 10.1. The molecule has 4 heteroatoms. The summed E-state index contributed by atoms with van der Waals surface area (Å²) in [6.07, 6.45) is 0.639. The van der Waals surface area contributed by atoms with E-state index in [0.717, 1.165) is 16.9 Å². The highest BCUT2D eigenvalue weighted by Crippen LogP contribution is 2.16. The molecule has 2 aromatic carbocycles. The average molecular weight is 280 g/mol. The van der Waals surface area contributed by atoms with Gasteiger partial charge in [-0.2, -0.15) is 4.98 Å². The summed E-state index contributed by atoms with van der Waals surface area (Å²) in [7, 11) is 0. The van der Waals surface area contributed by atoms with Crippen LogP contribution in [0.15, 0.2) is 59.1 Å². The van der Waals surface area contributed by atoms with E-state index in [1.54, 1.807) is 0 Å². The Balaban J connectivity index is 1.59. The van der Waals surface area contributed by atoms with Gasteiger partial charge in [-0.15, -0.1) is 0 Å². The fourth-order valence-electron chi connectivity index (χ4n) is 2.03. The molecule has 0 aliphatic rings. The Bertz CT molecular complexity index is 690. The Hall–Kier alpha value is -2.62. The van der Waals surface area contributed by atoms with Crippen molar-refractivity contribution in [3.8, 4) is 5.75 Å². The van der Waals surface area contributed by atoms with Gasteiger partial charge in [-0.05, 0) is 30.2 Å². The van der Waals surface area contributed by atoms with Crippen molar-refractivity contribution < 1.29 is 9.26 Å². The lowest BCUT2D eigenvalue weighted by molar-refractivity contribution is 0.306. The van der Waals surface area contributed by atoms with Crippen LogP contribution >= 0.6 is 0 Å². The summed E-state index contributed by atoms with van der Waals surface area (Å²) in [6, 6.07) is 18.1. The summed E-state index contributed by atoms with van der Waals surface area (Å²) in [5.74, 6) is 2.14. The molecule has 0 saturated heterocycles. The highest BCUT2D eigenvalue weighted by molar-refractivity contribution is 5.29. The number of rotatable bonds is 5. The van der Waals surface area contributed by atoms with E-state index in [2.05, 4.69) is 10.1 Å². The molecule has 0 unspecified atom stereocenters. The van der Waals surface area contributed by atoms with Gasteiger partial charge in [-0.25, -0.2) is 0 Å². The lowest BCUT2D eigenvalue weighted by Crippen LogP contribution is -1.95. The highest BCUT2D eigenvalue weighted by atomic mass is 16.5. The number of aromatic nitrogens is 2. The maximum absolute atomic E-state index is 5.75. The predicted octanol–water partition coefficient (Wildman–Crippen LogP) is 3.55. The lowest BCUT2D eigenvalue weighted by Gasteiger charge is -2.06. The molecule has 0 aliphatic heterocycles. The molecule has 3 aromatic rings. The summed E-state index contributed by atoms with van der Waals surface area (Å²) in [6.45, 7) is 2.39. The molecule has 21 heavy (non-hydrogen) atoms. The van der Waals surface area contributed by atoms with Crippen LogP contribution in [0.1, 0.15) is 22.8 Å². The molecule has 1 aromatic heterocycles. The minimum absolute atomic E-state index is 0.572. The van der Waals surface area contributed by atoms with Crippen LogP contribution < -0.4 is 4.74 Å². The third kappa shape index (κ3) is 3.69. The van der Waals surface area contributed by atoms with Crippen molar-refractivity contribution in [3.63, 3.8) is 0 Å². The van der Waals surface area contributed by atoms with Crippen molar-refractivity contribution in [2.24, 2.45) is 0 Å². The molecule has 0 fully saturated rings. The number of ether oxygens (including phenoxy) is 1. The van der Waals surface area contributed by atoms with Crippen molar-refractivity contribution in [2.75, 3.05) is 0 Å². The number of nitrogens with zero attached hydrogens (tertiary/aromatic N) is 2. The van der Waals surface area contributed by atoms with Gasteiger partial charge >= 0.3 is 0 Å². The summed E-state index contributed by atoms with van der Waals surface area (Å²) in [5, 5.41) is 3.78. The molecular formula is C17H16N2O2. The normalized spacial score (nSPS) is 10.5. The number of hydrogen-bond acceptors (Lipinski definition) is 4. The second-order valence-corrected chi connectivity index (χ2v) is 4.83. The standard InChI is InChI=1S/C17H16N2O2/c1-13-18-17(21-19-13)11-14-7-9-16(10-8-14)20-12-15-5-3-2-4-6-15/h2-10H,11-12H2,1H3. The van der Waals surface area contributed by atoms with Gasteiger partial charge in [0, 0.05) is 0 Å². The Kier molecular flexibility index (Phi) is 3.96. The van der Waals surface area contributed by atoms with Crippen LogP contribution in [0.3, 0.4) is 0 Å². The van der Waals surface area contributed by atoms with Gasteiger partial charge in [-0.3, -0.25) is 0 Å². The van der Waals surface area contributed by atoms with Crippen molar-refractivity contribution >= 4 is 0 Å². The van der Waals surface area contributed by atoms with Gasteiger partial charge in [0.15, 0.2) is 5.82 Å². The van der Waals surface area contributed by atoms with E-state index < -0.39 is 0 Å². The van der Waals surface area contributed by atoms with Crippen molar-refractivity contribution in [1.29, 1.82) is 0 Å². The Morgan fingerprint density at radius 3 is 2.38 bits per heavy atom. The van der Waals surface area contributed by atoms with Crippen LogP contribution in [0.25, 0.3) is 0 Å². The molecule has 0 aliphatic carbocycles. The van der Waals surface area contributed by atoms with Crippen LogP contribution in [0.5, 0.6) is 5.75 Å². The molecule has 0 N–H and O–H groups in total. The van der Waals surface area contributed by atoms with Crippen molar-refractivity contribution in [2.45, 2.75) is 20.0 Å². The van der Waals surface area contributed by atoms with Gasteiger partial charge in [0.25, 0.3) is 0 Å². The van der Waals surface area contributed by atoms with E-state index in [1.165, 1.54) is 0 Å². The number of aryl methyl sites for hydroxylation is 1. The molecule has 4 nitrogen and oxygen atoms in total. The molecule has 0 bridgehead atoms. The zero-order valence-electron chi connectivity index (χ0n) is 11.8. The summed E-state index contributed by atoms with van der Waals surface area (Å²) >= 11 is 0. The van der Waals surface area contributed by atoms with Crippen molar-refractivity contribution in [3.05, 3.63) is 77.4 Å². The smallest absolute Gasteiger partial charge is 0.231 e. The van der Waals surface area contributed by atoms with Gasteiger partial charge in [0.2, 0.25) is 5.89 Å². The first kappa shape index (κ1) is 13.4. The molecule has 0 saturated carbocycles. The molecule has 0 spiro atoms. The maximum atomic E-state index is 5.75. The minimum atomic E-state index is 0.572. The van der Waals surface area contributed by atoms with E-state index in [4.69, 9.17) is 9.26 Å². The van der Waals surface area contributed by atoms with E-state index in [0.29, 0.717) is 24.7 Å². The molecule has 1 heterocycles. The van der Waals surface area contributed by atoms with E-state index in [9.17, 15) is 0 Å². The topological polar surface area (TPSA) is 48.2 Å². The molecule has 0 radical (unpaired) electrons. The van der Waals surface area contributed by atoms with Crippen LogP contribution in [-0.2, 0) is 13.0 Å². The van der Waals surface area contributed by atoms with Crippen LogP contribution in [0, 0.1) is 6.92 Å². The minimum Gasteiger partial charge on any atom is -0.489 e. The monoisotopic (exact) mass is 280 g/mol. The summed E-state index contributed by atoms with van der Waals surface area (Å²) < 4.78 is 10.9. The van der Waals surface area contributed by atoms with Gasteiger partial charge < -0.3 is 9.26 Å². The van der Waals surface area contributed by atoms with Crippen LogP contribution in [-0.4, -0.2) is 10.1 Å². The van der Waals surface area contributed by atoms with Crippen LogP contribution in [0.2, 0.25) is 0 Å². The zero-order chi connectivity index (χ0) is 14.5. The number of hydrogen-bond donors (Lipinski definition) is 0. The number of benzene rings is 2. The van der Waals surface area contributed by atoms with Crippen LogP contribution in [0.4, 0.5) is 0 Å². The quantitative estimate of drug-likeness (QED) is 0.717. The predicted molar refractivity (Wildman–Crippen MR) is 79.1 cm³/mol. The first-order valence-electron chi connectivity index (χ1n) is 6.84. The Morgan fingerprint density at radius 2 is 1.71 bits per heavy atom. The Morgan fingerprint density at radius 1 is 0.952 bits per heavy atom. The fourth-order valence-corrected chi connectivity index (χ4v) is 2.03. The van der Waals surface area contributed by atoms with Gasteiger partial charge in [0.1, 0.15) is 12.4 Å². The molecule has 106 valence electrons. The second kappa shape index (κ2) is 6.22. The fraction of sp³-hybridized carbons (Fsp3) is 0.176. The maximum Gasteiger partial charge on any atom is 0.231 e. The largest absolute Gasteiger partial charge is 0.489 e. The molecule has 0 atom stereocenters. The summed E-state index contributed by atoms with van der Waals surface area (Å²) in [5.41, 5.74) is 2.27. The van der Waals surface area contributed by atoms with E-state index in [-0.39, 0.29) is 0 Å². The van der Waals surface area contributed by atoms with Crippen molar-refractivity contribution in [1.82, 2.24) is 10.1 Å². The average Bonchev–Trinajstić information content (AvgIpc) is 2.93. The first-order valence-corrected chi connectivity index (χ1v) is 6.84. The first-order chi connectivity index (χ1) is 10.3. The third-order valence-electron chi connectivity index (χ3n) is 3.10. The second-order valence-electron chi connectivity index (χ2n) is 4.83. The van der Waals surface area contributed by atoms with Gasteiger partial charge in [0.05, 0.1) is 6.42 Å². The van der Waals surface area contributed by atoms with E-state index >= 15 is 0 Å². The summed E-state index contributed by atoms with van der Waals surface area (Å²) in [4.78, 5) is 4.20. The van der Waals surface area contributed by atoms with E-state index in [1.807, 2.05) is 61.5 Å². The highest BCUT2D eigenvalue weighted by Gasteiger charge is 2.04. The zero-order valence-corrected chi connectivity index (χ0v) is 11.8. The third-order valence-corrected chi connectivity index (χ3v) is 3.10. The van der Waals surface area contributed by atoms with Gasteiger partial charge in [-0.1, -0.05) is 47.6 Å². The molecule has 0 amide bonds. The molecule has 3 rings (SSSR count). The molecular weight excluding hydrogens is 264 g/mol. The Labute approximate surface area is 123 Å².